The van der Waals surface area contributed by atoms with Crippen LogP contribution in [0.4, 0.5) is 10.1 Å². The van der Waals surface area contributed by atoms with Crippen LogP contribution in [0.5, 0.6) is 5.75 Å². The minimum Gasteiger partial charge on any atom is -0.492 e. The number of aromatic nitrogens is 2. The number of rotatable bonds is 6. The molecule has 5 rings (SSSR count). The molecule has 1 aromatic heterocycles. The van der Waals surface area contributed by atoms with E-state index in [0.29, 0.717) is 35.9 Å². The van der Waals surface area contributed by atoms with E-state index in [1.165, 1.54) is 6.07 Å². The zero-order valence-corrected chi connectivity index (χ0v) is 18.9. The van der Waals surface area contributed by atoms with E-state index < -0.39 is 0 Å². The zero-order chi connectivity index (χ0) is 22.9. The lowest BCUT2D eigenvalue weighted by Crippen LogP contribution is -2.25. The second-order valence-electron chi connectivity index (χ2n) is 8.05. The fourth-order valence-corrected chi connectivity index (χ4v) is 4.71. The average molecular weight is 464 g/mol. The van der Waals surface area contributed by atoms with E-state index in [1.54, 1.807) is 17.0 Å². The summed E-state index contributed by atoms with van der Waals surface area (Å²) in [6.07, 6.45) is 0.314. The molecule has 0 spiro atoms. The molecule has 3 aromatic carbocycles. The molecule has 0 saturated carbocycles. The van der Waals surface area contributed by atoms with Crippen molar-refractivity contribution in [3.8, 4) is 5.75 Å². The van der Waals surface area contributed by atoms with Gasteiger partial charge in [0.15, 0.2) is 0 Å². The highest BCUT2D eigenvalue weighted by Crippen LogP contribution is 2.37. The lowest BCUT2D eigenvalue weighted by atomic mass is 10.1. The number of carbonyl (C=O) groups excluding carboxylic acids is 1. The standard InChI is InChI=1S/C26H23ClFN3O2/c1-2-33-24-13-6-5-12-23(24)30-15-17(14-25(30)32)26-29-21-10-3-4-11-22(21)31(26)16-18-19(27)8-7-9-20(18)28/h3-13,17H,2,14-16H2,1H3. The average Bonchev–Trinajstić information content (AvgIpc) is 3.37. The zero-order valence-electron chi connectivity index (χ0n) is 18.2. The highest BCUT2D eigenvalue weighted by Gasteiger charge is 2.36. The van der Waals surface area contributed by atoms with Crippen molar-refractivity contribution < 1.29 is 13.9 Å². The molecule has 2 heterocycles. The Morgan fingerprint density at radius 3 is 2.70 bits per heavy atom. The largest absolute Gasteiger partial charge is 0.492 e. The van der Waals surface area contributed by atoms with Crippen LogP contribution in [-0.4, -0.2) is 28.6 Å². The normalized spacial score (nSPS) is 16.0. The molecule has 1 aliphatic heterocycles. The summed E-state index contributed by atoms with van der Waals surface area (Å²) < 4.78 is 22.3. The van der Waals surface area contributed by atoms with Crippen molar-refractivity contribution in [1.29, 1.82) is 0 Å². The number of benzene rings is 3. The molecule has 0 bridgehead atoms. The van der Waals surface area contributed by atoms with Crippen LogP contribution in [0.2, 0.25) is 5.02 Å². The maximum absolute atomic E-state index is 14.6. The Morgan fingerprint density at radius 1 is 1.09 bits per heavy atom. The number of amides is 1. The predicted molar refractivity (Wildman–Crippen MR) is 128 cm³/mol. The lowest BCUT2D eigenvalue weighted by Gasteiger charge is -2.20. The van der Waals surface area contributed by atoms with Gasteiger partial charge in [0.2, 0.25) is 5.91 Å². The van der Waals surface area contributed by atoms with Crippen LogP contribution in [0.1, 0.15) is 30.7 Å². The third-order valence-corrected chi connectivity index (χ3v) is 6.36. The van der Waals surface area contributed by atoms with Gasteiger partial charge >= 0.3 is 0 Å². The van der Waals surface area contributed by atoms with Crippen molar-refractivity contribution in [3.63, 3.8) is 0 Å². The highest BCUT2D eigenvalue weighted by molar-refractivity contribution is 6.31. The molecule has 0 radical (unpaired) electrons. The van der Waals surface area contributed by atoms with Crippen LogP contribution >= 0.6 is 11.6 Å². The van der Waals surface area contributed by atoms with Crippen LogP contribution < -0.4 is 9.64 Å². The number of fused-ring (bicyclic) bond motifs is 1. The number of nitrogens with zero attached hydrogens (tertiary/aromatic N) is 3. The summed E-state index contributed by atoms with van der Waals surface area (Å²) >= 11 is 6.33. The number of halogens is 2. The summed E-state index contributed by atoms with van der Waals surface area (Å²) in [6, 6.07) is 20.0. The first-order chi connectivity index (χ1) is 16.1. The van der Waals surface area contributed by atoms with E-state index in [4.69, 9.17) is 21.3 Å². The molecule has 7 heteroatoms. The first-order valence-electron chi connectivity index (χ1n) is 11.0. The van der Waals surface area contributed by atoms with Crippen molar-refractivity contribution in [2.45, 2.75) is 25.8 Å². The number of para-hydroxylation sites is 4. The van der Waals surface area contributed by atoms with Gasteiger partial charge in [-0.05, 0) is 43.3 Å². The molecule has 33 heavy (non-hydrogen) atoms. The molecule has 1 saturated heterocycles. The number of hydrogen-bond acceptors (Lipinski definition) is 3. The Kier molecular flexibility index (Phi) is 5.77. The summed E-state index contributed by atoms with van der Waals surface area (Å²) in [6.45, 7) is 3.14. The molecule has 0 N–H and O–H groups in total. The first-order valence-corrected chi connectivity index (χ1v) is 11.3. The van der Waals surface area contributed by atoms with Gasteiger partial charge in [-0.25, -0.2) is 9.37 Å². The van der Waals surface area contributed by atoms with Crippen LogP contribution in [0, 0.1) is 5.82 Å². The van der Waals surface area contributed by atoms with Gasteiger partial charge in [-0.15, -0.1) is 0 Å². The second-order valence-corrected chi connectivity index (χ2v) is 8.46. The van der Waals surface area contributed by atoms with E-state index in [0.717, 1.165) is 22.5 Å². The van der Waals surface area contributed by atoms with Gasteiger partial charge in [0.05, 0.1) is 29.9 Å². The quantitative estimate of drug-likeness (QED) is 0.363. The maximum Gasteiger partial charge on any atom is 0.227 e. The van der Waals surface area contributed by atoms with Gasteiger partial charge in [-0.2, -0.15) is 0 Å². The van der Waals surface area contributed by atoms with E-state index in [1.807, 2.05) is 60.0 Å². The van der Waals surface area contributed by atoms with Crippen molar-refractivity contribution in [2.75, 3.05) is 18.1 Å². The second kappa shape index (κ2) is 8.87. The summed E-state index contributed by atoms with van der Waals surface area (Å²) in [7, 11) is 0. The van der Waals surface area contributed by atoms with E-state index in [9.17, 15) is 9.18 Å². The molecular formula is C26H23ClFN3O2. The van der Waals surface area contributed by atoms with E-state index >= 15 is 0 Å². The van der Waals surface area contributed by atoms with Gasteiger partial charge in [-0.3, -0.25) is 4.79 Å². The summed E-state index contributed by atoms with van der Waals surface area (Å²) in [4.78, 5) is 19.7. The smallest absolute Gasteiger partial charge is 0.227 e. The Hall–Kier alpha value is -3.38. The Morgan fingerprint density at radius 2 is 1.88 bits per heavy atom. The maximum atomic E-state index is 14.6. The van der Waals surface area contributed by atoms with Crippen LogP contribution in [0.25, 0.3) is 11.0 Å². The monoisotopic (exact) mass is 463 g/mol. The molecule has 1 amide bonds. The number of anilines is 1. The molecule has 1 fully saturated rings. The van der Waals surface area contributed by atoms with Crippen LogP contribution in [0.15, 0.2) is 66.7 Å². The van der Waals surface area contributed by atoms with Crippen molar-refractivity contribution in [2.24, 2.45) is 0 Å². The van der Waals surface area contributed by atoms with Gasteiger partial charge in [0.1, 0.15) is 17.4 Å². The lowest BCUT2D eigenvalue weighted by molar-refractivity contribution is -0.117. The van der Waals surface area contributed by atoms with Crippen LogP contribution in [-0.2, 0) is 11.3 Å². The SMILES string of the molecule is CCOc1ccccc1N1CC(c2nc3ccccc3n2Cc2c(F)cccc2Cl)CC1=O. The molecule has 1 atom stereocenters. The molecule has 1 aliphatic rings. The van der Waals surface area contributed by atoms with Crippen molar-refractivity contribution in [3.05, 3.63) is 89.0 Å². The number of imidazole rings is 1. The summed E-state index contributed by atoms with van der Waals surface area (Å²) in [5.74, 6) is 0.932. The Bertz CT molecular complexity index is 1320. The minimum absolute atomic E-state index is 0.00897. The molecule has 5 nitrogen and oxygen atoms in total. The molecule has 0 aliphatic carbocycles. The minimum atomic E-state index is -0.360. The first kappa shape index (κ1) is 21.5. The fourth-order valence-electron chi connectivity index (χ4n) is 4.48. The third kappa shape index (κ3) is 3.95. The molecule has 168 valence electrons. The van der Waals surface area contributed by atoms with Gasteiger partial charge in [-0.1, -0.05) is 41.9 Å². The van der Waals surface area contributed by atoms with Gasteiger partial charge in [0.25, 0.3) is 0 Å². The highest BCUT2D eigenvalue weighted by atomic mass is 35.5. The Labute approximate surface area is 196 Å². The Balaban J connectivity index is 1.55. The molecular weight excluding hydrogens is 441 g/mol. The fraction of sp³-hybridized carbons (Fsp3) is 0.231. The van der Waals surface area contributed by atoms with E-state index in [2.05, 4.69) is 0 Å². The third-order valence-electron chi connectivity index (χ3n) is 6.01. The van der Waals surface area contributed by atoms with Gasteiger partial charge < -0.3 is 14.2 Å². The number of hydrogen-bond donors (Lipinski definition) is 0. The topological polar surface area (TPSA) is 47.4 Å². The summed E-state index contributed by atoms with van der Waals surface area (Å²) in [5.41, 5.74) is 2.85. The summed E-state index contributed by atoms with van der Waals surface area (Å²) in [5, 5.41) is 0.369. The molecule has 4 aromatic rings. The van der Waals surface area contributed by atoms with Crippen molar-refractivity contribution >= 4 is 34.2 Å². The van der Waals surface area contributed by atoms with E-state index in [-0.39, 0.29) is 24.2 Å². The van der Waals surface area contributed by atoms with Crippen molar-refractivity contribution in [1.82, 2.24) is 9.55 Å². The van der Waals surface area contributed by atoms with Gasteiger partial charge in [0, 0.05) is 29.5 Å². The molecule has 1 unspecified atom stereocenters. The number of carbonyl (C=O) groups is 1. The van der Waals surface area contributed by atoms with Crippen LogP contribution in [0.3, 0.4) is 0 Å². The predicted octanol–water partition coefficient (Wildman–Crippen LogP) is 5.80. The number of ether oxygens (including phenoxy) is 1.